The van der Waals surface area contributed by atoms with Gasteiger partial charge >= 0.3 is 0 Å². The summed E-state index contributed by atoms with van der Waals surface area (Å²) < 4.78 is 0. The van der Waals surface area contributed by atoms with E-state index in [1.165, 1.54) is 19.3 Å². The molecule has 0 heterocycles. The smallest absolute Gasteiger partial charge is 0.139 e. The van der Waals surface area contributed by atoms with Crippen LogP contribution in [0.3, 0.4) is 0 Å². The minimum absolute atomic E-state index is 0.344. The lowest BCUT2D eigenvalue weighted by Gasteiger charge is -1.96. The Hall–Kier alpha value is -0.730. The molecule has 60 valence electrons. The maximum atomic E-state index is 8.15. The zero-order chi connectivity index (χ0) is 7.82. The first-order valence-electron chi connectivity index (χ1n) is 3.77. The molecule has 0 atom stereocenters. The molecule has 0 saturated carbocycles. The van der Waals surface area contributed by atoms with Crippen molar-refractivity contribution < 1.29 is 5.21 Å². The van der Waals surface area contributed by atoms with Gasteiger partial charge in [0, 0.05) is 6.42 Å². The molecule has 0 radical (unpaired) electrons. The molecule has 0 aliphatic carbocycles. The van der Waals surface area contributed by atoms with Crippen LogP contribution in [0.1, 0.15) is 39.0 Å². The molecule has 0 bridgehead atoms. The number of hydrogen-bond donors (Lipinski definition) is 2. The maximum absolute atomic E-state index is 8.15. The van der Waals surface area contributed by atoms with Gasteiger partial charge in [0.2, 0.25) is 0 Å². The van der Waals surface area contributed by atoms with E-state index in [0.717, 1.165) is 12.8 Å². The number of nitrogens with zero attached hydrogens (tertiary/aromatic N) is 1. The van der Waals surface area contributed by atoms with Crippen LogP contribution in [-0.2, 0) is 0 Å². The van der Waals surface area contributed by atoms with Crippen LogP contribution < -0.4 is 5.73 Å². The fourth-order valence-corrected chi connectivity index (χ4v) is 0.783. The third kappa shape index (κ3) is 5.41. The van der Waals surface area contributed by atoms with E-state index in [1.807, 2.05) is 0 Å². The predicted octanol–water partition coefficient (Wildman–Crippen LogP) is 1.70. The molecule has 0 aromatic carbocycles. The summed E-state index contributed by atoms with van der Waals surface area (Å²) in [5, 5.41) is 11.0. The van der Waals surface area contributed by atoms with E-state index >= 15 is 0 Å². The maximum Gasteiger partial charge on any atom is 0.139 e. The SMILES string of the molecule is CCCCCC/C(N)=N/O. The molecule has 0 unspecified atom stereocenters. The van der Waals surface area contributed by atoms with Crippen molar-refractivity contribution in [1.29, 1.82) is 0 Å². The van der Waals surface area contributed by atoms with Gasteiger partial charge in [-0.25, -0.2) is 0 Å². The molecule has 10 heavy (non-hydrogen) atoms. The van der Waals surface area contributed by atoms with Gasteiger partial charge in [0.05, 0.1) is 0 Å². The molecule has 0 aliphatic heterocycles. The van der Waals surface area contributed by atoms with Crippen LogP contribution in [0.15, 0.2) is 5.16 Å². The Kier molecular flexibility index (Phi) is 5.92. The van der Waals surface area contributed by atoms with Crippen molar-refractivity contribution in [3.05, 3.63) is 0 Å². The van der Waals surface area contributed by atoms with E-state index in [1.54, 1.807) is 0 Å². The second-order valence-electron chi connectivity index (χ2n) is 2.40. The van der Waals surface area contributed by atoms with Gasteiger partial charge in [0.15, 0.2) is 0 Å². The van der Waals surface area contributed by atoms with Gasteiger partial charge in [-0.3, -0.25) is 0 Å². The van der Waals surface area contributed by atoms with E-state index in [9.17, 15) is 0 Å². The minimum atomic E-state index is 0.344. The average Bonchev–Trinajstić information content (AvgIpc) is 1.98. The van der Waals surface area contributed by atoms with Gasteiger partial charge in [0.25, 0.3) is 0 Å². The highest BCUT2D eigenvalue weighted by Crippen LogP contribution is 2.01. The lowest BCUT2D eigenvalue weighted by Crippen LogP contribution is -2.10. The first-order chi connectivity index (χ1) is 4.81. The standard InChI is InChI=1S/C7H16N2O/c1-2-3-4-5-6-7(8)9-10/h10H,2-6H2,1H3,(H2,8,9). The lowest BCUT2D eigenvalue weighted by molar-refractivity contribution is 0.316. The number of oxime groups is 1. The number of nitrogens with two attached hydrogens (primary N) is 1. The predicted molar refractivity (Wildman–Crippen MR) is 42.2 cm³/mol. The lowest BCUT2D eigenvalue weighted by atomic mass is 10.1. The Morgan fingerprint density at radius 3 is 2.60 bits per heavy atom. The molecule has 0 spiro atoms. The van der Waals surface area contributed by atoms with E-state index in [-0.39, 0.29) is 0 Å². The number of unbranched alkanes of at least 4 members (excludes halogenated alkanes) is 3. The van der Waals surface area contributed by atoms with E-state index in [2.05, 4.69) is 12.1 Å². The Labute approximate surface area is 61.9 Å². The van der Waals surface area contributed by atoms with E-state index < -0.39 is 0 Å². The highest BCUT2D eigenvalue weighted by atomic mass is 16.4. The van der Waals surface area contributed by atoms with Crippen LogP contribution in [-0.4, -0.2) is 11.0 Å². The third-order valence-corrected chi connectivity index (χ3v) is 1.41. The zero-order valence-corrected chi connectivity index (χ0v) is 6.51. The largest absolute Gasteiger partial charge is 0.409 e. The van der Waals surface area contributed by atoms with Gasteiger partial charge in [-0.15, -0.1) is 0 Å². The molecule has 0 rings (SSSR count). The van der Waals surface area contributed by atoms with Crippen LogP contribution in [0.2, 0.25) is 0 Å². The van der Waals surface area contributed by atoms with Crippen molar-refractivity contribution >= 4 is 5.84 Å². The van der Waals surface area contributed by atoms with Crippen LogP contribution in [0, 0.1) is 0 Å². The molecule has 0 aromatic rings. The van der Waals surface area contributed by atoms with Gasteiger partial charge in [-0.1, -0.05) is 31.3 Å². The van der Waals surface area contributed by atoms with Crippen LogP contribution >= 0.6 is 0 Å². The minimum Gasteiger partial charge on any atom is -0.409 e. The third-order valence-electron chi connectivity index (χ3n) is 1.41. The average molecular weight is 144 g/mol. The van der Waals surface area contributed by atoms with Gasteiger partial charge in [-0.05, 0) is 6.42 Å². The summed E-state index contributed by atoms with van der Waals surface area (Å²) in [5.74, 6) is 0.344. The Morgan fingerprint density at radius 1 is 1.40 bits per heavy atom. The molecule has 3 N–H and O–H groups in total. The molecule has 0 saturated heterocycles. The first-order valence-corrected chi connectivity index (χ1v) is 3.77. The van der Waals surface area contributed by atoms with Gasteiger partial charge < -0.3 is 10.9 Å². The van der Waals surface area contributed by atoms with Crippen LogP contribution in [0.4, 0.5) is 0 Å². The molecule has 0 fully saturated rings. The fraction of sp³-hybridized carbons (Fsp3) is 0.857. The normalized spacial score (nSPS) is 11.9. The van der Waals surface area contributed by atoms with Crippen LogP contribution in [0.25, 0.3) is 0 Å². The summed E-state index contributed by atoms with van der Waals surface area (Å²) in [7, 11) is 0. The van der Waals surface area contributed by atoms with Crippen molar-refractivity contribution in [3.63, 3.8) is 0 Å². The summed E-state index contributed by atoms with van der Waals surface area (Å²) in [6.45, 7) is 2.16. The highest BCUT2D eigenvalue weighted by molar-refractivity contribution is 5.79. The topological polar surface area (TPSA) is 58.6 Å². The molecule has 0 aromatic heterocycles. The second-order valence-corrected chi connectivity index (χ2v) is 2.40. The molecule has 0 aliphatic rings. The fourth-order valence-electron chi connectivity index (χ4n) is 0.783. The second kappa shape index (κ2) is 6.39. The zero-order valence-electron chi connectivity index (χ0n) is 6.51. The van der Waals surface area contributed by atoms with Crippen molar-refractivity contribution in [2.75, 3.05) is 0 Å². The summed E-state index contributed by atoms with van der Waals surface area (Å²) in [4.78, 5) is 0. The van der Waals surface area contributed by atoms with Crippen molar-refractivity contribution in [3.8, 4) is 0 Å². The number of hydrogen-bond acceptors (Lipinski definition) is 2. The summed E-state index contributed by atoms with van der Waals surface area (Å²) in [5.41, 5.74) is 5.26. The Bertz CT molecular complexity index is 102. The summed E-state index contributed by atoms with van der Waals surface area (Å²) in [6.07, 6.45) is 5.38. The molecule has 3 nitrogen and oxygen atoms in total. The van der Waals surface area contributed by atoms with Crippen molar-refractivity contribution in [2.24, 2.45) is 10.9 Å². The number of amidine groups is 1. The summed E-state index contributed by atoms with van der Waals surface area (Å²) >= 11 is 0. The van der Waals surface area contributed by atoms with E-state index in [0.29, 0.717) is 5.84 Å². The van der Waals surface area contributed by atoms with Crippen molar-refractivity contribution in [1.82, 2.24) is 0 Å². The molecular weight excluding hydrogens is 128 g/mol. The van der Waals surface area contributed by atoms with Crippen LogP contribution in [0.5, 0.6) is 0 Å². The first kappa shape index (κ1) is 9.27. The van der Waals surface area contributed by atoms with E-state index in [4.69, 9.17) is 10.9 Å². The molecule has 0 amide bonds. The molecular formula is C7H16N2O. The summed E-state index contributed by atoms with van der Waals surface area (Å²) in [6, 6.07) is 0. The quantitative estimate of drug-likeness (QED) is 0.203. The number of rotatable bonds is 5. The van der Waals surface area contributed by atoms with Crippen molar-refractivity contribution in [2.45, 2.75) is 39.0 Å². The monoisotopic (exact) mass is 144 g/mol. The Morgan fingerprint density at radius 2 is 2.10 bits per heavy atom. The highest BCUT2D eigenvalue weighted by Gasteiger charge is 1.91. The van der Waals surface area contributed by atoms with Gasteiger partial charge in [0.1, 0.15) is 5.84 Å². The molecule has 3 heteroatoms. The Balaban J connectivity index is 3.04. The van der Waals surface area contributed by atoms with Gasteiger partial charge in [-0.2, -0.15) is 0 Å².